The monoisotopic (exact) mass is 452 g/mol. The summed E-state index contributed by atoms with van der Waals surface area (Å²) in [6.45, 7) is 4.54. The van der Waals surface area contributed by atoms with E-state index in [1.54, 1.807) is 0 Å². The summed E-state index contributed by atoms with van der Waals surface area (Å²) in [5.41, 5.74) is 0.692. The molecular weight excluding hydrogens is 432 g/mol. The maximum absolute atomic E-state index is 12.8. The molecule has 1 aliphatic heterocycles. The number of amides is 1. The van der Waals surface area contributed by atoms with Crippen LogP contribution in [0.2, 0.25) is 0 Å². The molecule has 1 fully saturated rings. The third-order valence-corrected chi connectivity index (χ3v) is 5.45. The standard InChI is InChI=1S/C22H21BrN4O2/c1-16-24-20(15-21(25-16)29-17-7-3-2-4-8-17)26-11-13-27(14-12-26)22(28)18-9-5-6-10-19(18)23/h2-10,15H,11-14H2,1H3. The highest BCUT2D eigenvalue weighted by atomic mass is 79.9. The zero-order valence-electron chi connectivity index (χ0n) is 16.1. The predicted molar refractivity (Wildman–Crippen MR) is 116 cm³/mol. The number of para-hydroxylation sites is 1. The van der Waals surface area contributed by atoms with Crippen molar-refractivity contribution in [3.63, 3.8) is 0 Å². The van der Waals surface area contributed by atoms with Gasteiger partial charge in [-0.3, -0.25) is 4.79 Å². The Kier molecular flexibility index (Phi) is 5.76. The van der Waals surface area contributed by atoms with Crippen molar-refractivity contribution in [2.45, 2.75) is 6.92 Å². The second-order valence-electron chi connectivity index (χ2n) is 6.79. The van der Waals surface area contributed by atoms with Gasteiger partial charge in [0.1, 0.15) is 17.4 Å². The van der Waals surface area contributed by atoms with Gasteiger partial charge in [-0.1, -0.05) is 30.3 Å². The van der Waals surface area contributed by atoms with Gasteiger partial charge in [0.05, 0.1) is 5.56 Å². The van der Waals surface area contributed by atoms with Crippen molar-refractivity contribution in [2.75, 3.05) is 31.1 Å². The van der Waals surface area contributed by atoms with Gasteiger partial charge in [-0.15, -0.1) is 0 Å². The van der Waals surface area contributed by atoms with Crippen LogP contribution in [0.1, 0.15) is 16.2 Å². The van der Waals surface area contributed by atoms with E-state index in [4.69, 9.17) is 4.74 Å². The minimum atomic E-state index is 0.0455. The number of carbonyl (C=O) groups excluding carboxylic acids is 1. The summed E-state index contributed by atoms with van der Waals surface area (Å²) in [7, 11) is 0. The molecule has 0 unspecified atom stereocenters. The molecular formula is C22H21BrN4O2. The minimum Gasteiger partial charge on any atom is -0.439 e. The number of carbonyl (C=O) groups is 1. The zero-order chi connectivity index (χ0) is 20.2. The van der Waals surface area contributed by atoms with Gasteiger partial charge in [-0.2, -0.15) is 4.98 Å². The van der Waals surface area contributed by atoms with E-state index in [0.29, 0.717) is 43.4 Å². The van der Waals surface area contributed by atoms with Gasteiger partial charge in [-0.25, -0.2) is 4.98 Å². The van der Waals surface area contributed by atoms with Crippen molar-refractivity contribution >= 4 is 27.7 Å². The van der Waals surface area contributed by atoms with E-state index in [2.05, 4.69) is 30.8 Å². The summed E-state index contributed by atoms with van der Waals surface area (Å²) in [4.78, 5) is 25.8. The molecule has 1 saturated heterocycles. The smallest absolute Gasteiger partial charge is 0.255 e. The van der Waals surface area contributed by atoms with E-state index < -0.39 is 0 Å². The quantitative estimate of drug-likeness (QED) is 0.590. The molecule has 1 aliphatic rings. The third kappa shape index (κ3) is 4.56. The van der Waals surface area contributed by atoms with Gasteiger partial charge in [0.15, 0.2) is 0 Å². The fourth-order valence-corrected chi connectivity index (χ4v) is 3.75. The van der Waals surface area contributed by atoms with E-state index in [-0.39, 0.29) is 5.91 Å². The molecule has 7 heteroatoms. The molecule has 1 amide bonds. The molecule has 148 valence electrons. The van der Waals surface area contributed by atoms with E-state index >= 15 is 0 Å². The lowest BCUT2D eigenvalue weighted by Gasteiger charge is -2.35. The third-order valence-electron chi connectivity index (χ3n) is 4.76. The minimum absolute atomic E-state index is 0.0455. The van der Waals surface area contributed by atoms with Crippen molar-refractivity contribution in [3.05, 3.63) is 76.5 Å². The fraction of sp³-hybridized carbons (Fsp3) is 0.227. The number of rotatable bonds is 4. The Bertz CT molecular complexity index is 1000. The normalized spacial score (nSPS) is 14.0. The molecule has 0 atom stereocenters. The first-order chi connectivity index (χ1) is 14.1. The van der Waals surface area contributed by atoms with Gasteiger partial charge < -0.3 is 14.5 Å². The number of benzene rings is 2. The first kappa shape index (κ1) is 19.4. The van der Waals surface area contributed by atoms with Crippen molar-refractivity contribution in [2.24, 2.45) is 0 Å². The number of ether oxygens (including phenoxy) is 1. The number of halogens is 1. The van der Waals surface area contributed by atoms with Gasteiger partial charge >= 0.3 is 0 Å². The molecule has 0 bridgehead atoms. The average molecular weight is 453 g/mol. The Labute approximate surface area is 178 Å². The van der Waals surface area contributed by atoms with Crippen LogP contribution in [0.25, 0.3) is 0 Å². The largest absolute Gasteiger partial charge is 0.439 e. The Morgan fingerprint density at radius 2 is 1.66 bits per heavy atom. The molecule has 29 heavy (non-hydrogen) atoms. The van der Waals surface area contributed by atoms with Crippen LogP contribution >= 0.6 is 15.9 Å². The summed E-state index contributed by atoms with van der Waals surface area (Å²) < 4.78 is 6.69. The summed E-state index contributed by atoms with van der Waals surface area (Å²) >= 11 is 3.47. The first-order valence-corrected chi connectivity index (χ1v) is 10.3. The molecule has 0 spiro atoms. The molecule has 0 N–H and O–H groups in total. The van der Waals surface area contributed by atoms with E-state index in [9.17, 15) is 4.79 Å². The number of hydrogen-bond donors (Lipinski definition) is 0. The van der Waals surface area contributed by atoms with Crippen LogP contribution in [0.5, 0.6) is 11.6 Å². The lowest BCUT2D eigenvalue weighted by molar-refractivity contribution is 0.0745. The molecule has 0 aliphatic carbocycles. The zero-order valence-corrected chi connectivity index (χ0v) is 17.7. The van der Waals surface area contributed by atoms with E-state index in [0.717, 1.165) is 16.0 Å². The number of piperazine rings is 1. The topological polar surface area (TPSA) is 58.6 Å². The van der Waals surface area contributed by atoms with Crippen LogP contribution in [0.15, 0.2) is 65.1 Å². The highest BCUT2D eigenvalue weighted by Crippen LogP contribution is 2.24. The van der Waals surface area contributed by atoms with Crippen molar-refractivity contribution in [3.8, 4) is 11.6 Å². The van der Waals surface area contributed by atoms with Crippen molar-refractivity contribution in [1.82, 2.24) is 14.9 Å². The van der Waals surface area contributed by atoms with E-state index in [1.807, 2.05) is 72.5 Å². The maximum Gasteiger partial charge on any atom is 0.255 e. The molecule has 0 saturated carbocycles. The fourth-order valence-electron chi connectivity index (χ4n) is 3.29. The van der Waals surface area contributed by atoms with Crippen LogP contribution in [0.3, 0.4) is 0 Å². The Balaban J connectivity index is 1.44. The van der Waals surface area contributed by atoms with Crippen LogP contribution < -0.4 is 9.64 Å². The Morgan fingerprint density at radius 3 is 2.38 bits per heavy atom. The number of aryl methyl sites for hydroxylation is 1. The molecule has 2 aromatic carbocycles. The number of aromatic nitrogens is 2. The summed E-state index contributed by atoms with van der Waals surface area (Å²) in [5, 5.41) is 0. The van der Waals surface area contributed by atoms with Crippen LogP contribution in [-0.2, 0) is 0 Å². The molecule has 3 aromatic rings. The predicted octanol–water partition coefficient (Wildman–Crippen LogP) is 4.30. The highest BCUT2D eigenvalue weighted by molar-refractivity contribution is 9.10. The first-order valence-electron chi connectivity index (χ1n) is 9.47. The second kappa shape index (κ2) is 8.61. The molecule has 2 heterocycles. The summed E-state index contributed by atoms with van der Waals surface area (Å²) in [6, 6.07) is 19.0. The van der Waals surface area contributed by atoms with Crippen LogP contribution in [0.4, 0.5) is 5.82 Å². The lowest BCUT2D eigenvalue weighted by Crippen LogP contribution is -2.49. The molecule has 6 nitrogen and oxygen atoms in total. The van der Waals surface area contributed by atoms with Gasteiger partial charge in [0.25, 0.3) is 5.91 Å². The Hall–Kier alpha value is -2.93. The second-order valence-corrected chi connectivity index (χ2v) is 7.64. The lowest BCUT2D eigenvalue weighted by atomic mass is 10.2. The SMILES string of the molecule is Cc1nc(Oc2ccccc2)cc(N2CCN(C(=O)c3ccccc3Br)CC2)n1. The number of anilines is 1. The van der Waals surface area contributed by atoms with E-state index in [1.165, 1.54) is 0 Å². The number of hydrogen-bond acceptors (Lipinski definition) is 5. The summed E-state index contributed by atoms with van der Waals surface area (Å²) in [6.07, 6.45) is 0. The van der Waals surface area contributed by atoms with Gasteiger partial charge in [0, 0.05) is 36.7 Å². The molecule has 1 aromatic heterocycles. The maximum atomic E-state index is 12.8. The van der Waals surface area contributed by atoms with Gasteiger partial charge in [-0.05, 0) is 47.1 Å². The van der Waals surface area contributed by atoms with Crippen LogP contribution in [-0.4, -0.2) is 47.0 Å². The van der Waals surface area contributed by atoms with Crippen molar-refractivity contribution < 1.29 is 9.53 Å². The molecule has 0 radical (unpaired) electrons. The Morgan fingerprint density at radius 1 is 0.966 bits per heavy atom. The highest BCUT2D eigenvalue weighted by Gasteiger charge is 2.24. The number of nitrogens with zero attached hydrogens (tertiary/aromatic N) is 4. The van der Waals surface area contributed by atoms with Gasteiger partial charge in [0.2, 0.25) is 5.88 Å². The average Bonchev–Trinajstić information content (AvgIpc) is 2.74. The van der Waals surface area contributed by atoms with Crippen molar-refractivity contribution in [1.29, 1.82) is 0 Å². The molecule has 4 rings (SSSR count). The van der Waals surface area contributed by atoms with Crippen LogP contribution in [0, 0.1) is 6.92 Å². The summed E-state index contributed by atoms with van der Waals surface area (Å²) in [5.74, 6) is 2.77.